The predicted octanol–water partition coefficient (Wildman–Crippen LogP) is 3.15. The van der Waals surface area contributed by atoms with Crippen molar-refractivity contribution >= 4 is 23.7 Å². The number of rotatable bonds is 4. The Labute approximate surface area is 183 Å². The number of aromatic nitrogens is 2. The molecule has 162 valence electrons. The molecule has 3 aromatic rings. The molecule has 32 heavy (non-hydrogen) atoms. The summed E-state index contributed by atoms with van der Waals surface area (Å²) in [4.78, 5) is 46.2. The van der Waals surface area contributed by atoms with Gasteiger partial charge in [-0.2, -0.15) is 0 Å². The van der Waals surface area contributed by atoms with Crippen LogP contribution in [0, 0.1) is 0 Å². The number of hydrogen-bond acceptors (Lipinski definition) is 5. The largest absolute Gasteiger partial charge is 0.427 e. The number of carbonyl (C=O) groups is 3. The van der Waals surface area contributed by atoms with Crippen molar-refractivity contribution in [3.8, 4) is 11.3 Å². The number of ether oxygens (including phenoxy) is 1. The average Bonchev–Trinajstić information content (AvgIpc) is 3.48. The van der Waals surface area contributed by atoms with Crippen LogP contribution in [0.3, 0.4) is 0 Å². The van der Waals surface area contributed by atoms with E-state index in [9.17, 15) is 14.4 Å². The molecule has 0 saturated carbocycles. The molecule has 0 bridgehead atoms. The minimum absolute atomic E-state index is 0.00209. The van der Waals surface area contributed by atoms with Gasteiger partial charge in [-0.15, -0.1) is 0 Å². The van der Waals surface area contributed by atoms with Gasteiger partial charge in [-0.05, 0) is 29.7 Å². The van der Waals surface area contributed by atoms with Crippen molar-refractivity contribution in [1.29, 1.82) is 0 Å². The van der Waals surface area contributed by atoms with Gasteiger partial charge in [0, 0.05) is 24.7 Å². The highest BCUT2D eigenvalue weighted by molar-refractivity contribution is 6.04. The Morgan fingerprint density at radius 3 is 2.81 bits per heavy atom. The van der Waals surface area contributed by atoms with Crippen LogP contribution in [0.2, 0.25) is 0 Å². The number of imide groups is 1. The van der Waals surface area contributed by atoms with Crippen molar-refractivity contribution in [2.24, 2.45) is 0 Å². The summed E-state index contributed by atoms with van der Waals surface area (Å²) in [5.41, 5.74) is 2.57. The molecule has 1 aliphatic carbocycles. The van der Waals surface area contributed by atoms with Crippen LogP contribution in [-0.2, 0) is 28.1 Å². The summed E-state index contributed by atoms with van der Waals surface area (Å²) in [6, 6.07) is 14.6. The Morgan fingerprint density at radius 1 is 1.22 bits per heavy atom. The van der Waals surface area contributed by atoms with Gasteiger partial charge in [-0.25, -0.2) is 19.5 Å². The zero-order chi connectivity index (χ0) is 22.3. The van der Waals surface area contributed by atoms with Crippen molar-refractivity contribution in [3.05, 3.63) is 71.7 Å². The zero-order valence-electron chi connectivity index (χ0n) is 17.3. The van der Waals surface area contributed by atoms with Crippen LogP contribution in [0.15, 0.2) is 54.7 Å². The number of nitrogens with one attached hydrogen (secondary N) is 3. The van der Waals surface area contributed by atoms with Gasteiger partial charge in [0.2, 0.25) is 5.60 Å². The molecular weight excluding hydrogens is 410 g/mol. The second kappa shape index (κ2) is 7.52. The monoisotopic (exact) mass is 431 g/mol. The van der Waals surface area contributed by atoms with Crippen molar-refractivity contribution in [2.45, 2.75) is 25.0 Å². The first kappa shape index (κ1) is 19.8. The number of nitrogens with zero attached hydrogens (tertiary/aromatic N) is 2. The van der Waals surface area contributed by atoms with E-state index >= 15 is 0 Å². The molecule has 5 rings (SSSR count). The highest BCUT2D eigenvalue weighted by atomic mass is 16.6. The summed E-state index contributed by atoms with van der Waals surface area (Å²) < 4.78 is 5.66. The number of anilines is 1. The molecule has 4 amide bonds. The first-order valence-corrected chi connectivity index (χ1v) is 10.3. The van der Waals surface area contributed by atoms with Crippen LogP contribution < -0.4 is 10.6 Å². The summed E-state index contributed by atoms with van der Waals surface area (Å²) in [5, 5.41) is 5.21. The lowest BCUT2D eigenvalue weighted by atomic mass is 9.94. The van der Waals surface area contributed by atoms with Crippen LogP contribution in [-0.4, -0.2) is 39.9 Å². The average molecular weight is 431 g/mol. The fourth-order valence-corrected chi connectivity index (χ4v) is 4.28. The summed E-state index contributed by atoms with van der Waals surface area (Å²) in [6.07, 6.45) is 1.91. The highest BCUT2D eigenvalue weighted by Gasteiger charge is 2.58. The molecule has 1 saturated heterocycles. The molecule has 2 aliphatic rings. The minimum atomic E-state index is -1.33. The molecule has 0 radical (unpaired) electrons. The van der Waals surface area contributed by atoms with E-state index in [4.69, 9.17) is 4.74 Å². The van der Waals surface area contributed by atoms with Crippen LogP contribution >= 0.6 is 0 Å². The Morgan fingerprint density at radius 2 is 2.03 bits per heavy atom. The number of fused-ring (bicyclic) bond motifs is 2. The van der Waals surface area contributed by atoms with E-state index in [2.05, 4.69) is 20.6 Å². The van der Waals surface area contributed by atoms with Crippen LogP contribution in [0.5, 0.6) is 0 Å². The lowest BCUT2D eigenvalue weighted by molar-refractivity contribution is -0.137. The second-order valence-corrected chi connectivity index (χ2v) is 7.77. The van der Waals surface area contributed by atoms with Crippen LogP contribution in [0.4, 0.5) is 15.3 Å². The Kier molecular flexibility index (Phi) is 4.66. The van der Waals surface area contributed by atoms with E-state index in [1.165, 1.54) is 7.05 Å². The fraction of sp³-hybridized carbons (Fsp3) is 0.217. The normalized spacial score (nSPS) is 19.2. The van der Waals surface area contributed by atoms with E-state index in [1.807, 2.05) is 36.4 Å². The first-order chi connectivity index (χ1) is 15.5. The lowest BCUT2D eigenvalue weighted by Crippen LogP contribution is -2.37. The van der Waals surface area contributed by atoms with Crippen molar-refractivity contribution in [2.75, 3.05) is 12.4 Å². The SMILES string of the molecule is CNC(=O)Nc1ccc2c(c1)CC[C@@]21OC(=O)N(Cc2ncc(-c3ccccc3)[nH]2)C1=O. The van der Waals surface area contributed by atoms with Gasteiger partial charge >= 0.3 is 12.1 Å². The molecule has 1 aliphatic heterocycles. The van der Waals surface area contributed by atoms with Gasteiger partial charge in [-0.1, -0.05) is 36.4 Å². The van der Waals surface area contributed by atoms with E-state index in [1.54, 1.807) is 18.3 Å². The predicted molar refractivity (Wildman–Crippen MR) is 116 cm³/mol. The van der Waals surface area contributed by atoms with E-state index in [0.29, 0.717) is 29.9 Å². The molecule has 2 aromatic carbocycles. The zero-order valence-corrected chi connectivity index (χ0v) is 17.3. The summed E-state index contributed by atoms with van der Waals surface area (Å²) in [6.45, 7) is -0.00209. The number of imidazole rings is 1. The van der Waals surface area contributed by atoms with Gasteiger partial charge in [0.05, 0.1) is 18.4 Å². The number of aromatic amines is 1. The first-order valence-electron chi connectivity index (χ1n) is 10.3. The third-order valence-electron chi connectivity index (χ3n) is 5.87. The summed E-state index contributed by atoms with van der Waals surface area (Å²) in [5.74, 6) is 0.0977. The summed E-state index contributed by atoms with van der Waals surface area (Å²) >= 11 is 0. The van der Waals surface area contributed by atoms with E-state index < -0.39 is 17.6 Å². The fourth-order valence-electron chi connectivity index (χ4n) is 4.28. The van der Waals surface area contributed by atoms with Crippen molar-refractivity contribution in [1.82, 2.24) is 20.2 Å². The Balaban J connectivity index is 1.37. The number of H-pyrrole nitrogens is 1. The molecule has 2 heterocycles. The Bertz CT molecular complexity index is 1220. The van der Waals surface area contributed by atoms with E-state index in [0.717, 1.165) is 21.7 Å². The third-order valence-corrected chi connectivity index (χ3v) is 5.87. The second-order valence-electron chi connectivity index (χ2n) is 7.77. The van der Waals surface area contributed by atoms with E-state index in [-0.39, 0.29) is 12.6 Å². The van der Waals surface area contributed by atoms with Gasteiger partial charge in [-0.3, -0.25) is 4.79 Å². The summed E-state index contributed by atoms with van der Waals surface area (Å²) in [7, 11) is 1.53. The van der Waals surface area contributed by atoms with Crippen LogP contribution in [0.25, 0.3) is 11.3 Å². The van der Waals surface area contributed by atoms with Gasteiger partial charge in [0.25, 0.3) is 5.91 Å². The molecule has 9 nitrogen and oxygen atoms in total. The number of aryl methyl sites for hydroxylation is 1. The number of benzene rings is 2. The standard InChI is InChI=1S/C23H21N5O4/c1-24-21(30)26-16-7-8-17-15(11-16)9-10-23(17)20(29)28(22(31)32-23)13-19-25-12-18(27-19)14-5-3-2-4-6-14/h2-8,11-12H,9-10,13H2,1H3,(H,25,27)(H2,24,26,30)/t23-/m1/s1. The smallest absolute Gasteiger partial charge is 0.418 e. The van der Waals surface area contributed by atoms with Crippen molar-refractivity contribution < 1.29 is 19.1 Å². The third kappa shape index (κ3) is 3.18. The molecule has 9 heteroatoms. The molecule has 1 aromatic heterocycles. The number of hydrogen-bond donors (Lipinski definition) is 3. The topological polar surface area (TPSA) is 116 Å². The number of urea groups is 1. The molecule has 1 spiro atoms. The maximum Gasteiger partial charge on any atom is 0.418 e. The maximum absolute atomic E-state index is 13.4. The number of amides is 4. The molecule has 0 unspecified atom stereocenters. The maximum atomic E-state index is 13.4. The number of carbonyl (C=O) groups excluding carboxylic acids is 3. The molecular formula is C23H21N5O4. The van der Waals surface area contributed by atoms with Crippen molar-refractivity contribution in [3.63, 3.8) is 0 Å². The van der Waals surface area contributed by atoms with Gasteiger partial charge in [0.15, 0.2) is 0 Å². The highest BCUT2D eigenvalue weighted by Crippen LogP contribution is 2.46. The quantitative estimate of drug-likeness (QED) is 0.587. The van der Waals surface area contributed by atoms with Gasteiger partial charge in [0.1, 0.15) is 5.82 Å². The molecule has 1 fully saturated rings. The van der Waals surface area contributed by atoms with Gasteiger partial charge < -0.3 is 20.4 Å². The lowest BCUT2D eigenvalue weighted by Gasteiger charge is -2.20. The molecule has 1 atom stereocenters. The minimum Gasteiger partial charge on any atom is -0.427 e. The van der Waals surface area contributed by atoms with Crippen LogP contribution in [0.1, 0.15) is 23.4 Å². The Hall–Kier alpha value is -4.14. The molecule has 3 N–H and O–H groups in total.